The van der Waals surface area contributed by atoms with Crippen molar-refractivity contribution in [3.63, 3.8) is 0 Å². The molecule has 1 aliphatic rings. The van der Waals surface area contributed by atoms with E-state index >= 15 is 0 Å². The molecule has 16 heteroatoms. The van der Waals surface area contributed by atoms with Crippen LogP contribution in [0.5, 0.6) is 0 Å². The maximum absolute atomic E-state index is 14.5. The van der Waals surface area contributed by atoms with E-state index in [4.69, 9.17) is 28.5 Å². The SMILES string of the molecule is CCCCCCCCCCCCCCOC[C@H](COP(=O)(O)OC[C@H]1O[C@@](C#N)(c2ccc3c(C)ncnn23)[C@H](O)[C@@H]1O)OCc1ccc(C#N)cc1F. The van der Waals surface area contributed by atoms with Crippen LogP contribution in [0.25, 0.3) is 5.52 Å². The molecule has 1 saturated heterocycles. The van der Waals surface area contributed by atoms with Crippen LogP contribution in [0, 0.1) is 35.4 Å². The fourth-order valence-corrected chi connectivity index (χ4v) is 7.15. The molecule has 296 valence electrons. The zero-order chi connectivity index (χ0) is 39.0. The average Bonchev–Trinajstić information content (AvgIpc) is 3.71. The molecule has 0 radical (unpaired) electrons. The molecule has 1 fully saturated rings. The van der Waals surface area contributed by atoms with Crippen LogP contribution < -0.4 is 0 Å². The number of rotatable bonds is 25. The number of aromatic nitrogens is 3. The summed E-state index contributed by atoms with van der Waals surface area (Å²) in [5, 5.41) is 45.1. The summed E-state index contributed by atoms with van der Waals surface area (Å²) in [6.45, 7) is 2.96. The van der Waals surface area contributed by atoms with Gasteiger partial charge < -0.3 is 29.3 Å². The van der Waals surface area contributed by atoms with E-state index in [9.17, 15) is 29.3 Å². The topological polar surface area (TPSA) is 202 Å². The second-order valence-electron chi connectivity index (χ2n) is 13.7. The van der Waals surface area contributed by atoms with E-state index in [0.29, 0.717) is 17.8 Å². The number of hydrogen-bond acceptors (Lipinski definition) is 12. The number of benzene rings is 1. The van der Waals surface area contributed by atoms with Gasteiger partial charge in [-0.15, -0.1) is 0 Å². The molecule has 0 saturated carbocycles. The highest BCUT2D eigenvalue weighted by molar-refractivity contribution is 7.47. The minimum Gasteiger partial charge on any atom is -0.387 e. The van der Waals surface area contributed by atoms with Gasteiger partial charge in [-0.05, 0) is 37.6 Å². The predicted molar refractivity (Wildman–Crippen MR) is 195 cm³/mol. The number of nitrogens with zero attached hydrogens (tertiary/aromatic N) is 5. The molecule has 0 amide bonds. The zero-order valence-electron chi connectivity index (χ0n) is 31.1. The highest BCUT2D eigenvalue weighted by Gasteiger charge is 2.58. The average molecular weight is 774 g/mol. The van der Waals surface area contributed by atoms with Crippen molar-refractivity contribution >= 4 is 13.3 Å². The molecule has 0 spiro atoms. The van der Waals surface area contributed by atoms with E-state index in [0.717, 1.165) is 25.3 Å². The van der Waals surface area contributed by atoms with Gasteiger partial charge in [0, 0.05) is 12.2 Å². The minimum atomic E-state index is -4.82. The first-order chi connectivity index (χ1) is 26.0. The fraction of sp³-hybridized carbons (Fsp3) is 0.632. The number of nitriles is 2. The van der Waals surface area contributed by atoms with E-state index in [1.54, 1.807) is 13.0 Å². The van der Waals surface area contributed by atoms with Crippen LogP contribution in [-0.2, 0) is 40.0 Å². The van der Waals surface area contributed by atoms with E-state index in [1.807, 2.05) is 12.1 Å². The Morgan fingerprint density at radius 2 is 1.69 bits per heavy atom. The first-order valence-electron chi connectivity index (χ1n) is 18.8. The number of phosphoric acid groups is 1. The number of aryl methyl sites for hydroxylation is 1. The van der Waals surface area contributed by atoms with Crippen LogP contribution >= 0.6 is 7.82 Å². The van der Waals surface area contributed by atoms with Crippen LogP contribution in [0.1, 0.15) is 106 Å². The Hall–Kier alpha value is -3.34. The quantitative estimate of drug-likeness (QED) is 0.0638. The lowest BCUT2D eigenvalue weighted by molar-refractivity contribution is -0.0691. The molecule has 0 aliphatic carbocycles. The first-order valence-corrected chi connectivity index (χ1v) is 20.3. The molecule has 3 N–H and O–H groups in total. The Balaban J connectivity index is 1.26. The first kappa shape index (κ1) is 43.4. The van der Waals surface area contributed by atoms with E-state index in [2.05, 4.69) is 17.0 Å². The highest BCUT2D eigenvalue weighted by Crippen LogP contribution is 2.46. The molecule has 4 rings (SSSR count). The summed E-state index contributed by atoms with van der Waals surface area (Å²) < 4.78 is 56.7. The smallest absolute Gasteiger partial charge is 0.387 e. The van der Waals surface area contributed by atoms with Crippen molar-refractivity contribution in [2.24, 2.45) is 0 Å². The number of phosphoric ester groups is 1. The molecular formula is C38H53FN5O9P. The number of aliphatic hydroxyl groups is 2. The second-order valence-corrected chi connectivity index (χ2v) is 15.1. The standard InChI is InChI=1S/C38H53FN5O9P/c1-3-4-5-6-7-8-9-10-11-12-13-14-19-49-23-31(50-22-30-16-15-29(21-40)20-32(30)39)24-51-54(47,48)52-25-34-36(45)37(46)38(26-41,53-34)35-18-17-33-28(2)42-27-43-44(33)35/h15-18,20,27,31,34,36-37,45-46H,3-14,19,22-25H2,1-2H3,(H,47,48)/t31-,34-,36-,37-,38+/m1/s1. The summed E-state index contributed by atoms with van der Waals surface area (Å²) in [4.78, 5) is 14.7. The summed E-state index contributed by atoms with van der Waals surface area (Å²) >= 11 is 0. The molecule has 1 unspecified atom stereocenters. The number of ether oxygens (including phenoxy) is 3. The Bertz CT molecular complexity index is 1750. The summed E-state index contributed by atoms with van der Waals surface area (Å²) in [6, 6.07) is 10.9. The number of unbranched alkanes of at least 4 members (excludes halogenated alkanes) is 11. The zero-order valence-corrected chi connectivity index (χ0v) is 32.0. The van der Waals surface area contributed by atoms with Gasteiger partial charge >= 0.3 is 7.82 Å². The molecule has 3 heterocycles. The molecule has 2 aromatic heterocycles. The van der Waals surface area contributed by atoms with Crippen molar-refractivity contribution in [2.45, 2.75) is 128 Å². The van der Waals surface area contributed by atoms with Crippen LogP contribution in [0.2, 0.25) is 0 Å². The maximum atomic E-state index is 14.5. The highest BCUT2D eigenvalue weighted by atomic mass is 31.2. The lowest BCUT2D eigenvalue weighted by atomic mass is 9.92. The van der Waals surface area contributed by atoms with Crippen LogP contribution in [0.3, 0.4) is 0 Å². The van der Waals surface area contributed by atoms with Gasteiger partial charge in [-0.3, -0.25) is 9.05 Å². The molecule has 14 nitrogen and oxygen atoms in total. The summed E-state index contributed by atoms with van der Waals surface area (Å²) in [7, 11) is -4.82. The third-order valence-electron chi connectivity index (χ3n) is 9.58. The molecule has 54 heavy (non-hydrogen) atoms. The Morgan fingerprint density at radius 3 is 2.33 bits per heavy atom. The van der Waals surface area contributed by atoms with E-state index < -0.39 is 56.9 Å². The number of aliphatic hydroxyl groups excluding tert-OH is 2. The van der Waals surface area contributed by atoms with Crippen molar-refractivity contribution < 1.29 is 47.3 Å². The van der Waals surface area contributed by atoms with Crippen molar-refractivity contribution in [1.29, 1.82) is 10.5 Å². The van der Waals surface area contributed by atoms with Gasteiger partial charge in [0.2, 0.25) is 5.60 Å². The molecule has 3 aromatic rings. The van der Waals surface area contributed by atoms with Gasteiger partial charge in [-0.2, -0.15) is 15.6 Å². The molecule has 1 aliphatic heterocycles. The number of hydrogen-bond donors (Lipinski definition) is 3. The van der Waals surface area contributed by atoms with Crippen molar-refractivity contribution in [3.05, 3.63) is 65.0 Å². The van der Waals surface area contributed by atoms with Crippen molar-refractivity contribution in [1.82, 2.24) is 14.6 Å². The Labute approximate surface area is 316 Å². The Kier molecular flexibility index (Phi) is 17.4. The molecule has 6 atom stereocenters. The molecular weight excluding hydrogens is 720 g/mol. The van der Waals surface area contributed by atoms with Gasteiger partial charge in [-0.1, -0.05) is 83.6 Å². The van der Waals surface area contributed by atoms with E-state index in [1.165, 1.54) is 86.8 Å². The third kappa shape index (κ3) is 12.1. The largest absolute Gasteiger partial charge is 0.472 e. The van der Waals surface area contributed by atoms with Gasteiger partial charge in [-0.25, -0.2) is 18.5 Å². The van der Waals surface area contributed by atoms with Gasteiger partial charge in [0.25, 0.3) is 0 Å². The van der Waals surface area contributed by atoms with Crippen molar-refractivity contribution in [3.8, 4) is 12.1 Å². The Morgan fingerprint density at radius 1 is 1.00 bits per heavy atom. The van der Waals surface area contributed by atoms with Gasteiger partial charge in [0.15, 0.2) is 0 Å². The number of halogens is 1. The maximum Gasteiger partial charge on any atom is 0.472 e. The number of fused-ring (bicyclic) bond motifs is 1. The summed E-state index contributed by atoms with van der Waals surface area (Å²) in [6.07, 6.45) is 9.95. The van der Waals surface area contributed by atoms with Gasteiger partial charge in [0.05, 0.1) is 55.0 Å². The van der Waals surface area contributed by atoms with Crippen molar-refractivity contribution in [2.75, 3.05) is 26.4 Å². The van der Waals surface area contributed by atoms with Crippen LogP contribution in [0.4, 0.5) is 4.39 Å². The monoisotopic (exact) mass is 773 g/mol. The van der Waals surface area contributed by atoms with E-state index in [-0.39, 0.29) is 30.0 Å². The fourth-order valence-electron chi connectivity index (χ4n) is 6.38. The summed E-state index contributed by atoms with van der Waals surface area (Å²) in [5.41, 5.74) is -0.461. The normalized spacial score (nSPS) is 21.5. The minimum absolute atomic E-state index is 0.0223. The molecule has 1 aromatic carbocycles. The van der Waals surface area contributed by atoms with Crippen LogP contribution in [0.15, 0.2) is 36.7 Å². The lowest BCUT2D eigenvalue weighted by Crippen LogP contribution is -2.41. The van der Waals surface area contributed by atoms with Gasteiger partial charge in [0.1, 0.15) is 42.6 Å². The van der Waals surface area contributed by atoms with Crippen LogP contribution in [-0.4, -0.2) is 80.5 Å². The third-order valence-corrected chi connectivity index (χ3v) is 10.5. The molecule has 0 bridgehead atoms. The second kappa shape index (κ2) is 21.7. The summed E-state index contributed by atoms with van der Waals surface area (Å²) in [5.74, 6) is -0.635. The lowest BCUT2D eigenvalue weighted by Gasteiger charge is -2.24. The predicted octanol–water partition coefficient (Wildman–Crippen LogP) is 6.32.